The molecule has 112 valence electrons. The molecule has 21 heavy (non-hydrogen) atoms. The van der Waals surface area contributed by atoms with Gasteiger partial charge in [-0.1, -0.05) is 13.0 Å². The highest BCUT2D eigenvalue weighted by molar-refractivity contribution is 5.93. The molecule has 1 saturated heterocycles. The number of carbonyl (C=O) groups excluding carboxylic acids is 1. The fourth-order valence-corrected chi connectivity index (χ4v) is 2.40. The molecular weight excluding hydrogens is 266 g/mol. The Bertz CT molecular complexity index is 524. The lowest BCUT2D eigenvalue weighted by Gasteiger charge is -2.14. The van der Waals surface area contributed by atoms with Crippen LogP contribution in [-0.4, -0.2) is 25.6 Å². The van der Waals surface area contributed by atoms with Crippen LogP contribution in [0, 0.1) is 23.2 Å². The number of unbranched alkanes of at least 4 members (excludes halogenated alkanes) is 1. The normalized spacial score (nSPS) is 20.8. The van der Waals surface area contributed by atoms with Crippen LogP contribution in [-0.2, 0) is 4.79 Å². The highest BCUT2D eigenvalue weighted by Crippen LogP contribution is 2.21. The molecule has 1 aliphatic rings. The summed E-state index contributed by atoms with van der Waals surface area (Å²) in [5.74, 6) is 1.14. The Kier molecular flexibility index (Phi) is 5.59. The van der Waals surface area contributed by atoms with E-state index in [0.29, 0.717) is 31.1 Å². The lowest BCUT2D eigenvalue weighted by molar-refractivity contribution is -0.120. The van der Waals surface area contributed by atoms with Gasteiger partial charge in [0.2, 0.25) is 5.91 Å². The highest BCUT2D eigenvalue weighted by Gasteiger charge is 2.29. The van der Waals surface area contributed by atoms with Crippen molar-refractivity contribution in [1.29, 1.82) is 5.26 Å². The molecule has 5 heteroatoms. The third-order valence-corrected chi connectivity index (χ3v) is 3.66. The number of carbonyl (C=O) groups is 1. The van der Waals surface area contributed by atoms with E-state index in [4.69, 9.17) is 10.00 Å². The summed E-state index contributed by atoms with van der Waals surface area (Å²) in [4.78, 5) is 12.2. The fraction of sp³-hybridized carbons (Fsp3) is 0.500. The minimum Gasteiger partial charge on any atom is -0.493 e. The standard InChI is InChI=1S/C16H21N3O2/c1-12-10-18-11-15(12)16(20)19-13-5-4-6-14(9-13)21-8-3-2-7-17/h4-6,9,12,15,18H,2-3,8,10-11H2,1H3,(H,19,20)/t12-,15-/m1/s1. The van der Waals surface area contributed by atoms with E-state index in [1.807, 2.05) is 24.3 Å². The van der Waals surface area contributed by atoms with Gasteiger partial charge in [-0.25, -0.2) is 0 Å². The number of amides is 1. The number of anilines is 1. The van der Waals surface area contributed by atoms with Crippen molar-refractivity contribution >= 4 is 11.6 Å². The largest absolute Gasteiger partial charge is 0.493 e. The predicted molar refractivity (Wildman–Crippen MR) is 80.9 cm³/mol. The van der Waals surface area contributed by atoms with E-state index < -0.39 is 0 Å². The number of hydrogen-bond donors (Lipinski definition) is 2. The van der Waals surface area contributed by atoms with Crippen molar-refractivity contribution in [3.05, 3.63) is 24.3 Å². The molecule has 0 unspecified atom stereocenters. The van der Waals surface area contributed by atoms with E-state index in [-0.39, 0.29) is 11.8 Å². The molecule has 0 bridgehead atoms. The first-order valence-electron chi connectivity index (χ1n) is 7.32. The summed E-state index contributed by atoms with van der Waals surface area (Å²) in [6.07, 6.45) is 1.20. The molecule has 1 heterocycles. The molecule has 0 radical (unpaired) electrons. The van der Waals surface area contributed by atoms with Crippen molar-refractivity contribution in [2.45, 2.75) is 19.8 Å². The number of benzene rings is 1. The second-order valence-electron chi connectivity index (χ2n) is 5.37. The lowest BCUT2D eigenvalue weighted by Crippen LogP contribution is -2.27. The summed E-state index contributed by atoms with van der Waals surface area (Å²) < 4.78 is 5.56. The van der Waals surface area contributed by atoms with E-state index in [2.05, 4.69) is 23.6 Å². The van der Waals surface area contributed by atoms with Crippen LogP contribution in [0.3, 0.4) is 0 Å². The smallest absolute Gasteiger partial charge is 0.229 e. The summed E-state index contributed by atoms with van der Waals surface area (Å²) in [5.41, 5.74) is 0.747. The van der Waals surface area contributed by atoms with Crippen LogP contribution in [0.4, 0.5) is 5.69 Å². The molecule has 5 nitrogen and oxygen atoms in total. The quantitative estimate of drug-likeness (QED) is 0.786. The first-order chi connectivity index (χ1) is 10.2. The van der Waals surface area contributed by atoms with E-state index >= 15 is 0 Å². The second kappa shape index (κ2) is 7.65. The van der Waals surface area contributed by atoms with Gasteiger partial charge in [0.15, 0.2) is 0 Å². The molecule has 1 aromatic rings. The third-order valence-electron chi connectivity index (χ3n) is 3.66. The summed E-state index contributed by atoms with van der Waals surface area (Å²) >= 11 is 0. The average Bonchev–Trinajstić information content (AvgIpc) is 2.90. The first kappa shape index (κ1) is 15.3. The Morgan fingerprint density at radius 3 is 3.10 bits per heavy atom. The second-order valence-corrected chi connectivity index (χ2v) is 5.37. The van der Waals surface area contributed by atoms with Gasteiger partial charge >= 0.3 is 0 Å². The Balaban J connectivity index is 1.88. The number of hydrogen-bond acceptors (Lipinski definition) is 4. The number of rotatable bonds is 6. The van der Waals surface area contributed by atoms with Gasteiger partial charge in [-0.15, -0.1) is 0 Å². The van der Waals surface area contributed by atoms with Gasteiger partial charge < -0.3 is 15.4 Å². The first-order valence-corrected chi connectivity index (χ1v) is 7.32. The zero-order valence-corrected chi connectivity index (χ0v) is 12.3. The fourth-order valence-electron chi connectivity index (χ4n) is 2.40. The zero-order valence-electron chi connectivity index (χ0n) is 12.3. The van der Waals surface area contributed by atoms with Crippen molar-refractivity contribution in [2.24, 2.45) is 11.8 Å². The molecule has 1 aliphatic heterocycles. The van der Waals surface area contributed by atoms with E-state index in [0.717, 1.165) is 18.8 Å². The van der Waals surface area contributed by atoms with Crippen molar-refractivity contribution in [1.82, 2.24) is 5.32 Å². The lowest BCUT2D eigenvalue weighted by atomic mass is 9.97. The molecule has 2 rings (SSSR count). The third kappa shape index (κ3) is 4.47. The Labute approximate surface area is 125 Å². The summed E-state index contributed by atoms with van der Waals surface area (Å²) in [5, 5.41) is 14.6. The van der Waals surface area contributed by atoms with Crippen molar-refractivity contribution < 1.29 is 9.53 Å². The Morgan fingerprint density at radius 2 is 2.38 bits per heavy atom. The van der Waals surface area contributed by atoms with Gasteiger partial charge in [-0.05, 0) is 31.0 Å². The van der Waals surface area contributed by atoms with Gasteiger partial charge in [-0.2, -0.15) is 5.26 Å². The van der Waals surface area contributed by atoms with Gasteiger partial charge in [-0.3, -0.25) is 4.79 Å². The predicted octanol–water partition coefficient (Wildman–Crippen LogP) is 2.16. The minimum atomic E-state index is 0.0187. The van der Waals surface area contributed by atoms with E-state index in [9.17, 15) is 4.79 Å². The van der Waals surface area contributed by atoms with Gasteiger partial charge in [0.25, 0.3) is 0 Å². The average molecular weight is 287 g/mol. The number of nitrogens with one attached hydrogen (secondary N) is 2. The van der Waals surface area contributed by atoms with Crippen LogP contribution in [0.2, 0.25) is 0 Å². The van der Waals surface area contributed by atoms with Crippen LogP contribution >= 0.6 is 0 Å². The minimum absolute atomic E-state index is 0.0187. The molecule has 2 N–H and O–H groups in total. The van der Waals surface area contributed by atoms with Crippen molar-refractivity contribution in [3.8, 4) is 11.8 Å². The molecule has 0 aliphatic carbocycles. The Morgan fingerprint density at radius 1 is 1.52 bits per heavy atom. The van der Waals surface area contributed by atoms with Crippen molar-refractivity contribution in [2.75, 3.05) is 25.0 Å². The molecule has 1 amide bonds. The molecule has 1 fully saturated rings. The van der Waals surface area contributed by atoms with Gasteiger partial charge in [0, 0.05) is 24.7 Å². The van der Waals surface area contributed by atoms with Gasteiger partial charge in [0.1, 0.15) is 5.75 Å². The monoisotopic (exact) mass is 287 g/mol. The van der Waals surface area contributed by atoms with Crippen LogP contribution in [0.5, 0.6) is 5.75 Å². The molecule has 0 spiro atoms. The molecule has 0 saturated carbocycles. The van der Waals surface area contributed by atoms with Crippen LogP contribution in [0.15, 0.2) is 24.3 Å². The van der Waals surface area contributed by atoms with Crippen LogP contribution in [0.25, 0.3) is 0 Å². The summed E-state index contributed by atoms with van der Waals surface area (Å²) in [6.45, 7) is 4.21. The maximum atomic E-state index is 12.2. The molecular formula is C16H21N3O2. The maximum Gasteiger partial charge on any atom is 0.229 e. The highest BCUT2D eigenvalue weighted by atomic mass is 16.5. The molecule has 2 atom stereocenters. The summed E-state index contributed by atoms with van der Waals surface area (Å²) in [6, 6.07) is 9.46. The SMILES string of the molecule is C[C@@H]1CNC[C@H]1C(=O)Nc1cccc(OCCCC#N)c1. The number of nitrogens with zero attached hydrogens (tertiary/aromatic N) is 1. The Hall–Kier alpha value is -2.06. The van der Waals surface area contributed by atoms with Crippen molar-refractivity contribution in [3.63, 3.8) is 0 Å². The summed E-state index contributed by atoms with van der Waals surface area (Å²) in [7, 11) is 0. The van der Waals surface area contributed by atoms with Crippen LogP contribution < -0.4 is 15.4 Å². The number of ether oxygens (including phenoxy) is 1. The number of nitriles is 1. The van der Waals surface area contributed by atoms with Crippen LogP contribution in [0.1, 0.15) is 19.8 Å². The molecule has 1 aromatic carbocycles. The maximum absolute atomic E-state index is 12.2. The van der Waals surface area contributed by atoms with E-state index in [1.54, 1.807) is 0 Å². The zero-order chi connectivity index (χ0) is 15.1. The molecule has 0 aromatic heterocycles. The van der Waals surface area contributed by atoms with E-state index in [1.165, 1.54) is 0 Å². The topological polar surface area (TPSA) is 74.2 Å². The van der Waals surface area contributed by atoms with Gasteiger partial charge in [0.05, 0.1) is 18.6 Å².